The lowest BCUT2D eigenvalue weighted by molar-refractivity contribution is -0.121. The van der Waals surface area contributed by atoms with Crippen LogP contribution in [0.5, 0.6) is 0 Å². The van der Waals surface area contributed by atoms with Gasteiger partial charge < -0.3 is 15.4 Å². The number of hydrogen-bond acceptors (Lipinski definition) is 4. The molecule has 0 aromatic heterocycles. The molecule has 0 spiro atoms. The maximum absolute atomic E-state index is 12.5. The van der Waals surface area contributed by atoms with Crippen LogP contribution in [0.3, 0.4) is 0 Å². The van der Waals surface area contributed by atoms with Gasteiger partial charge in [-0.2, -0.15) is 0 Å². The zero-order chi connectivity index (χ0) is 17.1. The molecule has 1 fully saturated rings. The molecule has 2 amide bonds. The van der Waals surface area contributed by atoms with Crippen LogP contribution in [-0.2, 0) is 22.7 Å². The van der Waals surface area contributed by atoms with Crippen molar-refractivity contribution in [2.45, 2.75) is 44.6 Å². The maximum atomic E-state index is 12.5. The van der Waals surface area contributed by atoms with Crippen LogP contribution >= 0.6 is 0 Å². The fourth-order valence-electron chi connectivity index (χ4n) is 3.62. The summed E-state index contributed by atoms with van der Waals surface area (Å²) in [4.78, 5) is 26.3. The third-order valence-electron chi connectivity index (χ3n) is 5.20. The van der Waals surface area contributed by atoms with Crippen molar-refractivity contribution in [2.24, 2.45) is 0 Å². The number of likely N-dealkylation sites (tertiary alicyclic amines) is 1. The van der Waals surface area contributed by atoms with Crippen LogP contribution in [0.4, 0.5) is 0 Å². The topological polar surface area (TPSA) is 70.7 Å². The average molecular weight is 331 g/mol. The summed E-state index contributed by atoms with van der Waals surface area (Å²) < 4.78 is 5.44. The number of nitrogens with zero attached hydrogens (tertiary/aromatic N) is 1. The molecule has 2 aliphatic heterocycles. The molecule has 0 saturated carbocycles. The molecule has 6 heteroatoms. The van der Waals surface area contributed by atoms with Crippen LogP contribution in [0.2, 0.25) is 0 Å². The molecule has 2 atom stereocenters. The molecule has 2 N–H and O–H groups in total. The van der Waals surface area contributed by atoms with E-state index in [1.54, 1.807) is 7.05 Å². The number of amides is 2. The monoisotopic (exact) mass is 331 g/mol. The van der Waals surface area contributed by atoms with Crippen molar-refractivity contribution >= 4 is 11.8 Å². The molecule has 0 unspecified atom stereocenters. The minimum atomic E-state index is -0.0412. The van der Waals surface area contributed by atoms with Gasteiger partial charge in [-0.3, -0.25) is 14.5 Å². The first-order chi connectivity index (χ1) is 11.6. The van der Waals surface area contributed by atoms with E-state index < -0.39 is 0 Å². The largest absolute Gasteiger partial charge is 0.372 e. The van der Waals surface area contributed by atoms with E-state index in [-0.39, 0.29) is 23.9 Å². The first kappa shape index (κ1) is 16.9. The van der Waals surface area contributed by atoms with Crippen molar-refractivity contribution in [1.29, 1.82) is 0 Å². The molecule has 3 rings (SSSR count). The number of carbonyl (C=O) groups is 2. The Labute approximate surface area is 142 Å². The van der Waals surface area contributed by atoms with Gasteiger partial charge in [0.15, 0.2) is 0 Å². The van der Waals surface area contributed by atoms with Gasteiger partial charge in [0.05, 0.1) is 13.2 Å². The summed E-state index contributed by atoms with van der Waals surface area (Å²) in [7, 11) is 3.70. The first-order valence-corrected chi connectivity index (χ1v) is 8.49. The fourth-order valence-corrected chi connectivity index (χ4v) is 3.62. The van der Waals surface area contributed by atoms with Crippen LogP contribution in [0.15, 0.2) is 18.2 Å². The smallest absolute Gasteiger partial charge is 0.251 e. The highest BCUT2D eigenvalue weighted by atomic mass is 16.5. The van der Waals surface area contributed by atoms with E-state index in [2.05, 4.69) is 15.5 Å². The van der Waals surface area contributed by atoms with Crippen LogP contribution < -0.4 is 10.6 Å². The molecular weight excluding hydrogens is 306 g/mol. The second-order valence-electron chi connectivity index (χ2n) is 6.57. The van der Waals surface area contributed by atoms with Gasteiger partial charge in [-0.15, -0.1) is 0 Å². The highest BCUT2D eigenvalue weighted by Crippen LogP contribution is 2.25. The lowest BCUT2D eigenvalue weighted by Crippen LogP contribution is -2.42. The lowest BCUT2D eigenvalue weighted by atomic mass is 10.0. The summed E-state index contributed by atoms with van der Waals surface area (Å²) in [6.07, 6.45) is 2.49. The molecular formula is C18H25N3O3. The Hall–Kier alpha value is -1.92. The molecule has 2 heterocycles. The third kappa shape index (κ3) is 3.44. The van der Waals surface area contributed by atoms with Crippen molar-refractivity contribution in [1.82, 2.24) is 15.5 Å². The van der Waals surface area contributed by atoms with E-state index in [1.807, 2.05) is 25.2 Å². The Morgan fingerprint density at radius 3 is 2.83 bits per heavy atom. The van der Waals surface area contributed by atoms with E-state index in [9.17, 15) is 9.59 Å². The number of fused-ring (bicyclic) bond motifs is 1. The molecule has 2 aliphatic rings. The summed E-state index contributed by atoms with van der Waals surface area (Å²) in [6.45, 7) is 1.70. The number of rotatable bonds is 5. The predicted molar refractivity (Wildman–Crippen MR) is 90.5 cm³/mol. The zero-order valence-corrected chi connectivity index (χ0v) is 14.3. The molecule has 6 nitrogen and oxygen atoms in total. The second kappa shape index (κ2) is 7.32. The number of carbonyl (C=O) groups excluding carboxylic acids is 2. The van der Waals surface area contributed by atoms with Gasteiger partial charge in [0.1, 0.15) is 0 Å². The molecule has 1 saturated heterocycles. The standard InChI is InChI=1S/C18H25N3O3/c1-19-17(22)8-13-6-7-14(21(13)2)9-20-18(23)15-5-3-4-12-10-24-11-16(12)15/h3-5,13-14H,6-11H2,1-2H3,(H,19,22)(H,20,23)/t13-,14+/m1/s1. The van der Waals surface area contributed by atoms with Crippen molar-refractivity contribution in [3.8, 4) is 0 Å². The van der Waals surface area contributed by atoms with E-state index in [4.69, 9.17) is 4.74 Å². The second-order valence-corrected chi connectivity index (χ2v) is 6.57. The van der Waals surface area contributed by atoms with Crippen LogP contribution in [0.1, 0.15) is 40.7 Å². The number of hydrogen-bond donors (Lipinski definition) is 2. The fraction of sp³-hybridized carbons (Fsp3) is 0.556. The SMILES string of the molecule is CNC(=O)C[C@H]1CC[C@@H](CNC(=O)c2cccc3c2COC3)N1C. The van der Waals surface area contributed by atoms with Gasteiger partial charge in [-0.05, 0) is 37.1 Å². The van der Waals surface area contributed by atoms with Gasteiger partial charge in [-0.1, -0.05) is 12.1 Å². The highest BCUT2D eigenvalue weighted by Gasteiger charge is 2.32. The predicted octanol–water partition coefficient (Wildman–Crippen LogP) is 1.05. The van der Waals surface area contributed by atoms with Crippen molar-refractivity contribution in [3.63, 3.8) is 0 Å². The van der Waals surface area contributed by atoms with Gasteiger partial charge in [0, 0.05) is 37.7 Å². The summed E-state index contributed by atoms with van der Waals surface area (Å²) in [5, 5.41) is 5.73. The van der Waals surface area contributed by atoms with Gasteiger partial charge >= 0.3 is 0 Å². The summed E-state index contributed by atoms with van der Waals surface area (Å²) in [5.41, 5.74) is 2.83. The van der Waals surface area contributed by atoms with Crippen LogP contribution in [-0.4, -0.2) is 49.4 Å². The Kier molecular flexibility index (Phi) is 5.16. The minimum Gasteiger partial charge on any atom is -0.372 e. The Morgan fingerprint density at radius 1 is 1.25 bits per heavy atom. The minimum absolute atomic E-state index is 0.0412. The third-order valence-corrected chi connectivity index (χ3v) is 5.20. The summed E-state index contributed by atoms with van der Waals surface area (Å²) in [5.74, 6) is 0.0249. The molecule has 1 aromatic carbocycles. The number of benzene rings is 1. The van der Waals surface area contributed by atoms with Crippen LogP contribution in [0, 0.1) is 0 Å². The lowest BCUT2D eigenvalue weighted by Gasteiger charge is -2.25. The maximum Gasteiger partial charge on any atom is 0.251 e. The van der Waals surface area contributed by atoms with E-state index in [0.29, 0.717) is 31.7 Å². The van der Waals surface area contributed by atoms with Crippen molar-refractivity contribution in [3.05, 3.63) is 34.9 Å². The highest BCUT2D eigenvalue weighted by molar-refractivity contribution is 5.96. The number of likely N-dealkylation sites (N-methyl/N-ethyl adjacent to an activating group) is 1. The average Bonchev–Trinajstić information content (AvgIpc) is 3.20. The van der Waals surface area contributed by atoms with Gasteiger partial charge in [0.25, 0.3) is 5.91 Å². The summed E-state index contributed by atoms with van der Waals surface area (Å²) >= 11 is 0. The molecule has 0 aliphatic carbocycles. The van der Waals surface area contributed by atoms with Crippen molar-refractivity contribution < 1.29 is 14.3 Å². The normalized spacial score (nSPS) is 23.1. The quantitative estimate of drug-likeness (QED) is 0.846. The van der Waals surface area contributed by atoms with Crippen LogP contribution in [0.25, 0.3) is 0 Å². The molecule has 24 heavy (non-hydrogen) atoms. The molecule has 0 radical (unpaired) electrons. The number of ether oxygens (including phenoxy) is 1. The van der Waals surface area contributed by atoms with Gasteiger partial charge in [-0.25, -0.2) is 0 Å². The van der Waals surface area contributed by atoms with Gasteiger partial charge in [0.2, 0.25) is 5.91 Å². The summed E-state index contributed by atoms with van der Waals surface area (Å²) in [6, 6.07) is 6.30. The molecule has 1 aromatic rings. The molecule has 0 bridgehead atoms. The Morgan fingerprint density at radius 2 is 2.04 bits per heavy atom. The molecule has 130 valence electrons. The van der Waals surface area contributed by atoms with Crippen molar-refractivity contribution in [2.75, 3.05) is 20.6 Å². The number of nitrogens with one attached hydrogen (secondary N) is 2. The van der Waals surface area contributed by atoms with E-state index in [1.165, 1.54) is 0 Å². The van der Waals surface area contributed by atoms with E-state index in [0.717, 1.165) is 24.0 Å². The Bertz CT molecular complexity index is 632. The first-order valence-electron chi connectivity index (χ1n) is 8.49. The van der Waals surface area contributed by atoms with E-state index >= 15 is 0 Å². The zero-order valence-electron chi connectivity index (χ0n) is 14.3. The Balaban J connectivity index is 1.56.